The van der Waals surface area contributed by atoms with Gasteiger partial charge in [-0.05, 0) is 89.1 Å². The van der Waals surface area contributed by atoms with Crippen LogP contribution in [0.5, 0.6) is 0 Å². The van der Waals surface area contributed by atoms with Crippen LogP contribution in [0, 0.1) is 19.8 Å². The van der Waals surface area contributed by atoms with Gasteiger partial charge in [0, 0.05) is 24.1 Å². The lowest BCUT2D eigenvalue weighted by atomic mass is 9.93. The molecule has 1 aliphatic heterocycles. The molecule has 0 saturated carbocycles. The van der Waals surface area contributed by atoms with Gasteiger partial charge in [-0.1, -0.05) is 81.8 Å². The first kappa shape index (κ1) is 37.6. The van der Waals surface area contributed by atoms with E-state index in [0.717, 1.165) is 25.1 Å². The lowest BCUT2D eigenvalue weighted by Gasteiger charge is -2.39. The summed E-state index contributed by atoms with van der Waals surface area (Å²) in [6.07, 6.45) is 11.7. The molecule has 0 spiro atoms. The third-order valence-corrected chi connectivity index (χ3v) is 7.05. The van der Waals surface area contributed by atoms with Crippen LogP contribution in [0.25, 0.3) is 5.69 Å². The molecule has 4 rings (SSSR count). The fraction of sp³-hybridized carbons (Fsp3) is 0.432. The smallest absolute Gasteiger partial charge is 0.0995 e. The van der Waals surface area contributed by atoms with Crippen molar-refractivity contribution in [1.82, 2.24) is 14.5 Å². The zero-order valence-corrected chi connectivity index (χ0v) is 27.4. The number of likely N-dealkylation sites (tertiary alicyclic amines) is 1. The third kappa shape index (κ3) is 12.4. The molecule has 41 heavy (non-hydrogen) atoms. The SMILES string of the molecule is C=C.C=C1C(C)CCCN1C(C)c1ccc(C)cc1.C=CC.CCCc1ccc(-n2cnc(C)c2)c(CC)c1.CN. The number of imidazole rings is 1. The maximum absolute atomic E-state index is 4.50. The number of hydrogen-bond acceptors (Lipinski definition) is 3. The molecule has 4 nitrogen and oxygen atoms in total. The van der Waals surface area contributed by atoms with Crippen molar-refractivity contribution in [1.29, 1.82) is 0 Å². The van der Waals surface area contributed by atoms with Gasteiger partial charge >= 0.3 is 0 Å². The van der Waals surface area contributed by atoms with E-state index in [4.69, 9.17) is 0 Å². The highest BCUT2D eigenvalue weighted by Gasteiger charge is 2.24. The van der Waals surface area contributed by atoms with E-state index < -0.39 is 0 Å². The Morgan fingerprint density at radius 1 is 1.07 bits per heavy atom. The van der Waals surface area contributed by atoms with E-state index in [2.05, 4.69) is 130 Å². The summed E-state index contributed by atoms with van der Waals surface area (Å²) in [5.41, 5.74) is 13.7. The summed E-state index contributed by atoms with van der Waals surface area (Å²) >= 11 is 0. The molecule has 2 heterocycles. The Balaban J connectivity index is 0.000000642. The summed E-state index contributed by atoms with van der Waals surface area (Å²) in [5.74, 6) is 0.636. The van der Waals surface area contributed by atoms with Crippen LogP contribution in [0.15, 0.2) is 93.1 Å². The van der Waals surface area contributed by atoms with Crippen molar-refractivity contribution in [3.05, 3.63) is 121 Å². The Hall–Kier alpha value is -3.37. The Kier molecular flexibility index (Phi) is 19.6. The maximum atomic E-state index is 4.50. The zero-order chi connectivity index (χ0) is 31.4. The van der Waals surface area contributed by atoms with Gasteiger partial charge in [0.05, 0.1) is 18.1 Å². The Morgan fingerprint density at radius 3 is 2.20 bits per heavy atom. The summed E-state index contributed by atoms with van der Waals surface area (Å²) in [6, 6.07) is 16.1. The van der Waals surface area contributed by atoms with Gasteiger partial charge in [-0.25, -0.2) is 4.98 Å². The molecular weight excluding hydrogens is 500 g/mol. The van der Waals surface area contributed by atoms with Crippen molar-refractivity contribution in [2.24, 2.45) is 11.7 Å². The van der Waals surface area contributed by atoms with Crippen LogP contribution < -0.4 is 5.73 Å². The fourth-order valence-corrected chi connectivity index (χ4v) is 4.80. The normalized spacial score (nSPS) is 14.4. The van der Waals surface area contributed by atoms with Crippen molar-refractivity contribution in [2.75, 3.05) is 13.6 Å². The Labute approximate surface area is 252 Å². The third-order valence-electron chi connectivity index (χ3n) is 7.05. The van der Waals surface area contributed by atoms with E-state index in [1.807, 2.05) is 20.2 Å². The molecule has 0 radical (unpaired) electrons. The summed E-state index contributed by atoms with van der Waals surface area (Å²) in [4.78, 5) is 6.76. The number of benzene rings is 2. The topological polar surface area (TPSA) is 47.1 Å². The number of hydrogen-bond donors (Lipinski definition) is 1. The number of nitrogens with two attached hydrogens (primary N) is 1. The minimum Gasteiger partial charge on any atom is -0.368 e. The number of allylic oxidation sites excluding steroid dienone is 2. The minimum absolute atomic E-state index is 0.450. The first-order valence-corrected chi connectivity index (χ1v) is 15.0. The standard InChI is InChI=1S/C16H23N.C15H20N2.C3H6.C2H4.CH5N/c1-12-7-9-16(10-8-12)15(4)17-11-5-6-13(2)14(17)3;1-4-6-13-7-8-15(14(5-2)9-13)17-10-12(3)16-11-17;1-3-2;2*1-2/h7-10,13,15H,3,5-6,11H2,1-2,4H3;7-11H,4-6H2,1-3H3;3H,1H2,2H3;1-2H2;2H2,1H3. The lowest BCUT2D eigenvalue weighted by molar-refractivity contribution is 0.201. The van der Waals surface area contributed by atoms with Gasteiger partial charge < -0.3 is 15.2 Å². The van der Waals surface area contributed by atoms with Gasteiger partial charge in [0.15, 0.2) is 0 Å². The Morgan fingerprint density at radius 2 is 1.68 bits per heavy atom. The van der Waals surface area contributed by atoms with Crippen molar-refractivity contribution in [2.45, 2.75) is 86.6 Å². The maximum Gasteiger partial charge on any atom is 0.0995 e. The molecule has 1 fully saturated rings. The van der Waals surface area contributed by atoms with Crippen molar-refractivity contribution >= 4 is 0 Å². The number of nitrogens with zero attached hydrogens (tertiary/aromatic N) is 3. The van der Waals surface area contributed by atoms with Crippen molar-refractivity contribution in [3.8, 4) is 5.69 Å². The van der Waals surface area contributed by atoms with E-state index in [1.54, 1.807) is 6.08 Å². The van der Waals surface area contributed by atoms with Crippen LogP contribution >= 0.6 is 0 Å². The molecular formula is C37H58N4. The van der Waals surface area contributed by atoms with Gasteiger partial charge in [-0.2, -0.15) is 0 Å². The summed E-state index contributed by atoms with van der Waals surface area (Å²) in [5, 5.41) is 0. The number of piperidine rings is 1. The van der Waals surface area contributed by atoms with Gasteiger partial charge in [-0.3, -0.25) is 0 Å². The summed E-state index contributed by atoms with van der Waals surface area (Å²) < 4.78 is 2.11. The number of aryl methyl sites for hydroxylation is 4. The molecule has 2 N–H and O–H groups in total. The molecule has 0 bridgehead atoms. The van der Waals surface area contributed by atoms with Crippen LogP contribution in [-0.2, 0) is 12.8 Å². The van der Waals surface area contributed by atoms with Crippen LogP contribution in [0.3, 0.4) is 0 Å². The van der Waals surface area contributed by atoms with Crippen molar-refractivity contribution in [3.63, 3.8) is 0 Å². The van der Waals surface area contributed by atoms with E-state index in [1.165, 1.54) is 59.9 Å². The van der Waals surface area contributed by atoms with Gasteiger partial charge in [0.25, 0.3) is 0 Å². The largest absolute Gasteiger partial charge is 0.368 e. The minimum atomic E-state index is 0.450. The van der Waals surface area contributed by atoms with E-state index in [-0.39, 0.29) is 0 Å². The molecule has 1 aliphatic rings. The van der Waals surface area contributed by atoms with Crippen molar-refractivity contribution < 1.29 is 0 Å². The van der Waals surface area contributed by atoms with Crippen LogP contribution in [0.4, 0.5) is 0 Å². The van der Waals surface area contributed by atoms with E-state index >= 15 is 0 Å². The number of aromatic nitrogens is 2. The molecule has 1 aromatic heterocycles. The molecule has 3 aromatic rings. The highest BCUT2D eigenvalue weighted by Crippen LogP contribution is 2.33. The zero-order valence-electron chi connectivity index (χ0n) is 27.4. The Bertz CT molecular complexity index is 1130. The first-order chi connectivity index (χ1) is 19.7. The second-order valence-corrected chi connectivity index (χ2v) is 10.2. The average molecular weight is 559 g/mol. The van der Waals surface area contributed by atoms with Gasteiger partial charge in [0.2, 0.25) is 0 Å². The monoisotopic (exact) mass is 558 g/mol. The molecule has 0 aliphatic carbocycles. The van der Waals surface area contributed by atoms with Gasteiger partial charge in [-0.15, -0.1) is 19.7 Å². The quantitative estimate of drug-likeness (QED) is 0.306. The van der Waals surface area contributed by atoms with Crippen LogP contribution in [-0.4, -0.2) is 28.0 Å². The number of rotatable bonds is 6. The molecule has 226 valence electrons. The molecule has 0 amide bonds. The molecule has 2 unspecified atom stereocenters. The second kappa shape index (κ2) is 21.4. The average Bonchev–Trinajstić information content (AvgIpc) is 3.43. The second-order valence-electron chi connectivity index (χ2n) is 10.2. The summed E-state index contributed by atoms with van der Waals surface area (Å²) in [7, 11) is 1.50. The highest BCUT2D eigenvalue weighted by molar-refractivity contribution is 5.44. The van der Waals surface area contributed by atoms with Crippen LogP contribution in [0.2, 0.25) is 0 Å². The molecule has 2 aromatic carbocycles. The molecule has 1 saturated heterocycles. The first-order valence-electron chi connectivity index (χ1n) is 15.0. The van der Waals surface area contributed by atoms with E-state index in [0.29, 0.717) is 12.0 Å². The van der Waals surface area contributed by atoms with Gasteiger partial charge in [0.1, 0.15) is 0 Å². The summed E-state index contributed by atoms with van der Waals surface area (Å²) in [6.45, 7) is 29.8. The van der Waals surface area contributed by atoms with Crippen LogP contribution in [0.1, 0.15) is 87.9 Å². The van der Waals surface area contributed by atoms with E-state index in [9.17, 15) is 0 Å². The predicted molar refractivity (Wildman–Crippen MR) is 183 cm³/mol. The fourth-order valence-electron chi connectivity index (χ4n) is 4.80. The predicted octanol–water partition coefficient (Wildman–Crippen LogP) is 9.57. The molecule has 2 atom stereocenters. The lowest BCUT2D eigenvalue weighted by Crippen LogP contribution is -2.33. The highest BCUT2D eigenvalue weighted by atomic mass is 15.2. The molecule has 4 heteroatoms.